The summed E-state index contributed by atoms with van der Waals surface area (Å²) >= 11 is 6.35. The van der Waals surface area contributed by atoms with Crippen LogP contribution >= 0.6 is 11.6 Å². The van der Waals surface area contributed by atoms with Crippen LogP contribution in [0.15, 0.2) is 48.5 Å². The van der Waals surface area contributed by atoms with Gasteiger partial charge in [-0.15, -0.1) is 0 Å². The van der Waals surface area contributed by atoms with Crippen molar-refractivity contribution in [3.05, 3.63) is 86.7 Å². The van der Waals surface area contributed by atoms with Gasteiger partial charge in [0.25, 0.3) is 0 Å². The lowest BCUT2D eigenvalue weighted by Crippen LogP contribution is -2.59. The number of benzene rings is 2. The van der Waals surface area contributed by atoms with Crippen molar-refractivity contribution in [2.75, 3.05) is 36.5 Å². The van der Waals surface area contributed by atoms with Gasteiger partial charge in [-0.1, -0.05) is 38.1 Å². The van der Waals surface area contributed by atoms with Gasteiger partial charge in [-0.2, -0.15) is 9.97 Å². The van der Waals surface area contributed by atoms with Crippen LogP contribution in [0.5, 0.6) is 0 Å². The lowest BCUT2D eigenvalue weighted by atomic mass is 9.91. The Labute approximate surface area is 249 Å². The minimum absolute atomic E-state index is 0.0481. The standard InChI is InChI=1S/C30H35ClF2N6O3/c1-3-23-18-38(29-27(39(40)41)28(35-30(31)36-29)34-16-25-6-5-15-42-25)24(4-2)17-37(23)26(19-7-11-21(32)12-8-19)20-9-13-22(33)14-10-20/h7-14,23-26H,3-6,15-18H2,1-2H3,(H,34,35,36)/t23-,24+,25+/m1/s1. The number of aromatic nitrogens is 2. The van der Waals surface area contributed by atoms with Crippen LogP contribution in [0, 0.1) is 21.7 Å². The second-order valence-corrected chi connectivity index (χ2v) is 11.1. The van der Waals surface area contributed by atoms with Crippen LogP contribution in [0.2, 0.25) is 5.28 Å². The van der Waals surface area contributed by atoms with Crippen LogP contribution in [-0.4, -0.2) is 64.2 Å². The Balaban J connectivity index is 1.51. The Morgan fingerprint density at radius 2 is 1.64 bits per heavy atom. The first kappa shape index (κ1) is 30.1. The predicted octanol–water partition coefficient (Wildman–Crippen LogP) is 6.38. The van der Waals surface area contributed by atoms with Gasteiger partial charge in [0.1, 0.15) is 11.6 Å². The van der Waals surface area contributed by atoms with Crippen LogP contribution in [0.4, 0.5) is 26.1 Å². The first-order chi connectivity index (χ1) is 20.3. The molecule has 2 aliphatic heterocycles. The Bertz CT molecular complexity index is 1330. The average Bonchev–Trinajstić information content (AvgIpc) is 3.51. The maximum Gasteiger partial charge on any atom is 0.353 e. The zero-order valence-electron chi connectivity index (χ0n) is 23.7. The van der Waals surface area contributed by atoms with Crippen molar-refractivity contribution in [1.29, 1.82) is 0 Å². The highest BCUT2D eigenvalue weighted by Gasteiger charge is 2.41. The smallest absolute Gasteiger partial charge is 0.353 e. The average molecular weight is 601 g/mol. The predicted molar refractivity (Wildman–Crippen MR) is 158 cm³/mol. The topological polar surface area (TPSA) is 96.7 Å². The first-order valence-electron chi connectivity index (χ1n) is 14.4. The number of hydrogen-bond donors (Lipinski definition) is 1. The van der Waals surface area contributed by atoms with Gasteiger partial charge in [0.05, 0.1) is 17.1 Å². The zero-order chi connectivity index (χ0) is 29.8. The molecule has 0 radical (unpaired) electrons. The highest BCUT2D eigenvalue weighted by molar-refractivity contribution is 6.28. The normalized spacial score (nSPS) is 21.2. The molecule has 0 saturated carbocycles. The van der Waals surface area contributed by atoms with Crippen molar-refractivity contribution >= 4 is 28.9 Å². The van der Waals surface area contributed by atoms with Gasteiger partial charge in [0.2, 0.25) is 16.9 Å². The fourth-order valence-corrected chi connectivity index (χ4v) is 6.21. The highest BCUT2D eigenvalue weighted by Crippen LogP contribution is 2.40. The van der Waals surface area contributed by atoms with Crippen LogP contribution < -0.4 is 10.2 Å². The number of nitrogens with one attached hydrogen (secondary N) is 1. The molecule has 2 aromatic carbocycles. The van der Waals surface area contributed by atoms with E-state index in [-0.39, 0.29) is 58.5 Å². The second kappa shape index (κ2) is 13.3. The lowest BCUT2D eigenvalue weighted by Gasteiger charge is -2.49. The summed E-state index contributed by atoms with van der Waals surface area (Å²) in [7, 11) is 0. The molecule has 0 aliphatic carbocycles. The van der Waals surface area contributed by atoms with Crippen molar-refractivity contribution in [2.45, 2.75) is 63.8 Å². The van der Waals surface area contributed by atoms with Crippen LogP contribution in [0.3, 0.4) is 0 Å². The van der Waals surface area contributed by atoms with E-state index in [1.54, 1.807) is 24.3 Å². The molecule has 3 atom stereocenters. The molecule has 224 valence electrons. The SMILES string of the molecule is CC[C@H]1CN(C(c2ccc(F)cc2)c2ccc(F)cc2)[C@H](CC)CN1c1nc(Cl)nc(NC[C@@H]2CCCO2)c1[N+](=O)[O-]. The highest BCUT2D eigenvalue weighted by atomic mass is 35.5. The number of halogens is 3. The number of nitro groups is 1. The van der Waals surface area contributed by atoms with E-state index in [0.29, 0.717) is 32.7 Å². The first-order valence-corrected chi connectivity index (χ1v) is 14.8. The molecular weight excluding hydrogens is 566 g/mol. The minimum atomic E-state index is -0.455. The minimum Gasteiger partial charge on any atom is -0.376 e. The molecule has 0 bridgehead atoms. The third-order valence-electron chi connectivity index (χ3n) is 8.20. The van der Waals surface area contributed by atoms with E-state index in [1.807, 2.05) is 11.8 Å². The number of rotatable bonds is 10. The molecule has 2 fully saturated rings. The van der Waals surface area contributed by atoms with E-state index < -0.39 is 4.92 Å². The Hall–Kier alpha value is -3.41. The Morgan fingerprint density at radius 1 is 1.02 bits per heavy atom. The van der Waals surface area contributed by atoms with Crippen LogP contribution in [-0.2, 0) is 4.74 Å². The van der Waals surface area contributed by atoms with Crippen molar-refractivity contribution in [2.24, 2.45) is 0 Å². The number of nitrogens with zero attached hydrogens (tertiary/aromatic N) is 5. The van der Waals surface area contributed by atoms with Crippen LogP contribution in [0.25, 0.3) is 0 Å². The molecule has 42 heavy (non-hydrogen) atoms. The van der Waals surface area contributed by atoms with Crippen molar-refractivity contribution in [3.63, 3.8) is 0 Å². The van der Waals surface area contributed by atoms with Gasteiger partial charge in [-0.3, -0.25) is 15.0 Å². The van der Waals surface area contributed by atoms with E-state index >= 15 is 0 Å². The van der Waals surface area contributed by atoms with E-state index in [9.17, 15) is 18.9 Å². The molecular formula is C30H35ClF2N6O3. The van der Waals surface area contributed by atoms with Gasteiger partial charge in [0, 0.05) is 38.3 Å². The summed E-state index contributed by atoms with van der Waals surface area (Å²) in [6.45, 7) is 6.11. The number of ether oxygens (including phenoxy) is 1. The lowest BCUT2D eigenvalue weighted by molar-refractivity contribution is -0.383. The molecule has 3 aromatic rings. The van der Waals surface area contributed by atoms with E-state index in [2.05, 4.69) is 27.1 Å². The van der Waals surface area contributed by atoms with Gasteiger partial charge >= 0.3 is 5.69 Å². The maximum atomic E-state index is 13.9. The monoisotopic (exact) mass is 600 g/mol. The summed E-state index contributed by atoms with van der Waals surface area (Å²) in [6, 6.07) is 12.2. The summed E-state index contributed by atoms with van der Waals surface area (Å²) in [5.41, 5.74) is 1.54. The summed E-state index contributed by atoms with van der Waals surface area (Å²) in [4.78, 5) is 24.9. The van der Waals surface area contributed by atoms with Gasteiger partial charge < -0.3 is 15.0 Å². The fourth-order valence-electron chi connectivity index (χ4n) is 6.05. The summed E-state index contributed by atoms with van der Waals surface area (Å²) in [5, 5.41) is 15.5. The quantitative estimate of drug-likeness (QED) is 0.163. The summed E-state index contributed by atoms with van der Waals surface area (Å²) in [5.74, 6) is -0.417. The fraction of sp³-hybridized carbons (Fsp3) is 0.467. The summed E-state index contributed by atoms with van der Waals surface area (Å²) < 4.78 is 33.5. The van der Waals surface area contributed by atoms with Crippen molar-refractivity contribution < 1.29 is 18.4 Å². The molecule has 12 heteroatoms. The third kappa shape index (κ3) is 6.48. The summed E-state index contributed by atoms with van der Waals surface area (Å²) in [6.07, 6.45) is 3.16. The molecule has 0 amide bonds. The third-order valence-corrected chi connectivity index (χ3v) is 8.37. The number of piperazine rings is 1. The molecule has 1 aromatic heterocycles. The maximum absolute atomic E-state index is 13.9. The van der Waals surface area contributed by atoms with E-state index in [4.69, 9.17) is 16.3 Å². The molecule has 2 aliphatic rings. The largest absolute Gasteiger partial charge is 0.376 e. The molecule has 3 heterocycles. The van der Waals surface area contributed by atoms with Crippen LogP contribution in [0.1, 0.15) is 56.7 Å². The zero-order valence-corrected chi connectivity index (χ0v) is 24.4. The van der Waals surface area contributed by atoms with Gasteiger partial charge in [-0.25, -0.2) is 8.78 Å². The van der Waals surface area contributed by atoms with Crippen molar-refractivity contribution in [1.82, 2.24) is 14.9 Å². The van der Waals surface area contributed by atoms with Crippen molar-refractivity contribution in [3.8, 4) is 0 Å². The molecule has 0 spiro atoms. The Morgan fingerprint density at radius 3 is 2.17 bits per heavy atom. The van der Waals surface area contributed by atoms with E-state index in [0.717, 1.165) is 30.4 Å². The number of hydrogen-bond acceptors (Lipinski definition) is 8. The molecule has 2 saturated heterocycles. The van der Waals surface area contributed by atoms with Gasteiger partial charge in [-0.05, 0) is 72.7 Å². The van der Waals surface area contributed by atoms with Gasteiger partial charge in [0.15, 0.2) is 0 Å². The molecule has 1 N–H and O–H groups in total. The second-order valence-electron chi connectivity index (χ2n) is 10.8. The molecule has 0 unspecified atom stereocenters. The van der Waals surface area contributed by atoms with E-state index in [1.165, 1.54) is 24.3 Å². The Kier molecular flexibility index (Phi) is 9.50. The molecule has 9 nitrogen and oxygen atoms in total. The molecule has 5 rings (SSSR count). The number of anilines is 2.